The lowest BCUT2D eigenvalue weighted by Gasteiger charge is -2.03. The summed E-state index contributed by atoms with van der Waals surface area (Å²) in [5.41, 5.74) is 0. The highest BCUT2D eigenvalue weighted by Crippen LogP contribution is 2.09. The van der Waals surface area contributed by atoms with E-state index in [1.807, 2.05) is 6.92 Å². The lowest BCUT2D eigenvalue weighted by molar-refractivity contribution is 0.0418. The molecule has 0 radical (unpaired) electrons. The van der Waals surface area contributed by atoms with Gasteiger partial charge in [-0.25, -0.2) is 9.48 Å². The maximum absolute atomic E-state index is 11.6. The van der Waals surface area contributed by atoms with Crippen molar-refractivity contribution in [1.29, 1.82) is 0 Å². The summed E-state index contributed by atoms with van der Waals surface area (Å²) in [7, 11) is 0. The average Bonchev–Trinajstić information content (AvgIpc) is 2.96. The van der Waals surface area contributed by atoms with Gasteiger partial charge in [-0.1, -0.05) is 6.92 Å². The van der Waals surface area contributed by atoms with Crippen LogP contribution in [0.1, 0.15) is 35.5 Å². The Labute approximate surface area is 104 Å². The minimum absolute atomic E-state index is 0.0333. The van der Waals surface area contributed by atoms with Crippen LogP contribution in [0.25, 0.3) is 0 Å². The van der Waals surface area contributed by atoms with Gasteiger partial charge < -0.3 is 9.15 Å². The molecule has 7 heteroatoms. The van der Waals surface area contributed by atoms with Crippen molar-refractivity contribution in [2.75, 3.05) is 0 Å². The molecule has 96 valence electrons. The summed E-state index contributed by atoms with van der Waals surface area (Å²) >= 11 is 0. The van der Waals surface area contributed by atoms with E-state index in [1.165, 1.54) is 0 Å². The van der Waals surface area contributed by atoms with Gasteiger partial charge in [0.05, 0.1) is 0 Å². The van der Waals surface area contributed by atoms with Crippen molar-refractivity contribution in [3.63, 3.8) is 0 Å². The Morgan fingerprint density at radius 3 is 3.00 bits per heavy atom. The van der Waals surface area contributed by atoms with Gasteiger partial charge >= 0.3 is 5.97 Å². The minimum atomic E-state index is -0.519. The summed E-state index contributed by atoms with van der Waals surface area (Å²) in [6.45, 7) is 4.51. The first-order chi connectivity index (χ1) is 8.70. The van der Waals surface area contributed by atoms with Crippen molar-refractivity contribution in [1.82, 2.24) is 20.2 Å². The number of nitrogens with zero attached hydrogens (tertiary/aromatic N) is 4. The van der Waals surface area contributed by atoms with E-state index >= 15 is 0 Å². The van der Waals surface area contributed by atoms with Gasteiger partial charge in [-0.3, -0.25) is 0 Å². The second-order valence-corrected chi connectivity index (χ2v) is 3.80. The van der Waals surface area contributed by atoms with Gasteiger partial charge in [0.1, 0.15) is 5.76 Å². The molecule has 0 aliphatic rings. The molecule has 0 aromatic carbocycles. The number of aryl methyl sites for hydroxylation is 2. The second-order valence-electron chi connectivity index (χ2n) is 3.80. The fourth-order valence-electron chi connectivity index (χ4n) is 1.46. The highest BCUT2D eigenvalue weighted by Gasteiger charge is 2.14. The van der Waals surface area contributed by atoms with Crippen LogP contribution in [-0.2, 0) is 17.9 Å². The predicted molar refractivity (Wildman–Crippen MR) is 60.7 cm³/mol. The third kappa shape index (κ3) is 2.73. The first-order valence-corrected chi connectivity index (χ1v) is 5.69. The molecule has 0 fully saturated rings. The first-order valence-electron chi connectivity index (χ1n) is 5.69. The van der Waals surface area contributed by atoms with Crippen molar-refractivity contribution >= 4 is 5.97 Å². The van der Waals surface area contributed by atoms with E-state index in [1.54, 1.807) is 23.7 Å². The van der Waals surface area contributed by atoms with Gasteiger partial charge in [0, 0.05) is 6.54 Å². The van der Waals surface area contributed by atoms with Gasteiger partial charge in [0.25, 0.3) is 0 Å². The van der Waals surface area contributed by atoms with Crippen LogP contribution in [-0.4, -0.2) is 26.2 Å². The fraction of sp³-hybridized carbons (Fsp3) is 0.455. The topological polar surface area (TPSA) is 83.0 Å². The summed E-state index contributed by atoms with van der Waals surface area (Å²) in [5, 5.41) is 11.1. The molecular weight excluding hydrogens is 236 g/mol. The summed E-state index contributed by atoms with van der Waals surface area (Å²) in [6.07, 6.45) is 0.906. The maximum atomic E-state index is 11.6. The number of ether oxygens (including phenoxy) is 1. The molecular formula is C11H14N4O3. The van der Waals surface area contributed by atoms with Crippen LogP contribution in [0.3, 0.4) is 0 Å². The van der Waals surface area contributed by atoms with Crippen LogP contribution in [0.2, 0.25) is 0 Å². The number of carbonyl (C=O) groups is 1. The smallest absolute Gasteiger partial charge is 0.374 e. The number of rotatable bonds is 5. The number of carbonyl (C=O) groups excluding carboxylic acids is 1. The van der Waals surface area contributed by atoms with Crippen LogP contribution in [0.5, 0.6) is 0 Å². The zero-order chi connectivity index (χ0) is 13.0. The quantitative estimate of drug-likeness (QED) is 0.745. The highest BCUT2D eigenvalue weighted by atomic mass is 16.5. The van der Waals surface area contributed by atoms with Gasteiger partial charge in [0.15, 0.2) is 12.4 Å². The first kappa shape index (κ1) is 12.3. The van der Waals surface area contributed by atoms with Crippen molar-refractivity contribution in [3.8, 4) is 0 Å². The standard InChI is InChI=1S/C11H14N4O3/c1-3-6-15-10(12-13-14-15)7-17-11(16)9-5-4-8(2)18-9/h4-5H,3,6-7H2,1-2H3. The third-order valence-electron chi connectivity index (χ3n) is 2.32. The van der Waals surface area contributed by atoms with Crippen LogP contribution in [0.4, 0.5) is 0 Å². The molecule has 0 amide bonds. The van der Waals surface area contributed by atoms with Gasteiger partial charge in [-0.2, -0.15) is 0 Å². The molecule has 2 rings (SSSR count). The predicted octanol–water partition coefficient (Wildman–Crippen LogP) is 1.34. The summed E-state index contributed by atoms with van der Waals surface area (Å²) < 4.78 is 11.8. The molecule has 0 unspecified atom stereocenters. The molecule has 0 aliphatic heterocycles. The Morgan fingerprint density at radius 1 is 1.50 bits per heavy atom. The van der Waals surface area contributed by atoms with Gasteiger partial charge in [0.2, 0.25) is 5.76 Å². The van der Waals surface area contributed by atoms with Crippen molar-refractivity contribution < 1.29 is 13.9 Å². The van der Waals surface area contributed by atoms with E-state index in [4.69, 9.17) is 9.15 Å². The Balaban J connectivity index is 1.95. The molecule has 0 aliphatic carbocycles. The van der Waals surface area contributed by atoms with Crippen molar-refractivity contribution in [3.05, 3.63) is 29.5 Å². The molecule has 2 aromatic heterocycles. The van der Waals surface area contributed by atoms with Crippen LogP contribution < -0.4 is 0 Å². The second kappa shape index (κ2) is 5.44. The summed E-state index contributed by atoms with van der Waals surface area (Å²) in [6, 6.07) is 3.28. The molecule has 0 spiro atoms. The van der Waals surface area contributed by atoms with E-state index in [9.17, 15) is 4.79 Å². The number of hydrogen-bond donors (Lipinski definition) is 0. The van der Waals surface area contributed by atoms with Crippen molar-refractivity contribution in [2.45, 2.75) is 33.4 Å². The molecule has 0 atom stereocenters. The fourth-order valence-corrected chi connectivity index (χ4v) is 1.46. The van der Waals surface area contributed by atoms with E-state index in [2.05, 4.69) is 15.5 Å². The third-order valence-corrected chi connectivity index (χ3v) is 2.32. The minimum Gasteiger partial charge on any atom is -0.454 e. The number of esters is 1. The number of aromatic nitrogens is 4. The number of hydrogen-bond acceptors (Lipinski definition) is 6. The Bertz CT molecular complexity index is 532. The van der Waals surface area contributed by atoms with Crippen LogP contribution in [0.15, 0.2) is 16.5 Å². The van der Waals surface area contributed by atoms with Crippen LogP contribution >= 0.6 is 0 Å². The molecule has 0 saturated heterocycles. The van der Waals surface area contributed by atoms with E-state index in [0.717, 1.165) is 6.42 Å². The van der Waals surface area contributed by atoms with Gasteiger partial charge in [-0.15, -0.1) is 5.10 Å². The Hall–Kier alpha value is -2.18. The summed E-state index contributed by atoms with van der Waals surface area (Å²) in [4.78, 5) is 11.6. The lowest BCUT2D eigenvalue weighted by atomic mass is 10.4. The molecule has 0 bridgehead atoms. The molecule has 0 saturated carbocycles. The Kier molecular flexibility index (Phi) is 3.71. The van der Waals surface area contributed by atoms with Crippen molar-refractivity contribution in [2.24, 2.45) is 0 Å². The average molecular weight is 250 g/mol. The normalized spacial score (nSPS) is 10.6. The highest BCUT2D eigenvalue weighted by molar-refractivity contribution is 5.86. The molecule has 18 heavy (non-hydrogen) atoms. The zero-order valence-corrected chi connectivity index (χ0v) is 10.3. The van der Waals surface area contributed by atoms with E-state index in [0.29, 0.717) is 18.1 Å². The monoisotopic (exact) mass is 250 g/mol. The van der Waals surface area contributed by atoms with Crippen LogP contribution in [0, 0.1) is 6.92 Å². The lowest BCUT2D eigenvalue weighted by Crippen LogP contribution is -2.10. The molecule has 0 N–H and O–H groups in total. The number of furan rings is 1. The summed E-state index contributed by atoms with van der Waals surface area (Å²) in [5.74, 6) is 0.849. The zero-order valence-electron chi connectivity index (χ0n) is 10.3. The SMILES string of the molecule is CCCn1nnnc1COC(=O)c1ccc(C)o1. The maximum Gasteiger partial charge on any atom is 0.374 e. The Morgan fingerprint density at radius 2 is 2.33 bits per heavy atom. The van der Waals surface area contributed by atoms with E-state index in [-0.39, 0.29) is 12.4 Å². The largest absolute Gasteiger partial charge is 0.454 e. The molecule has 2 aromatic rings. The van der Waals surface area contributed by atoms with E-state index < -0.39 is 5.97 Å². The molecule has 7 nitrogen and oxygen atoms in total. The molecule has 2 heterocycles. The number of tetrazole rings is 1. The van der Waals surface area contributed by atoms with Gasteiger partial charge in [-0.05, 0) is 35.9 Å².